The summed E-state index contributed by atoms with van der Waals surface area (Å²) in [4.78, 5) is 18.1. The number of hydrogen-bond donors (Lipinski definition) is 0. The van der Waals surface area contributed by atoms with E-state index in [1.165, 1.54) is 12.7 Å². The smallest absolute Gasteiger partial charge is 0.224 e. The summed E-state index contributed by atoms with van der Waals surface area (Å²) in [6.07, 6.45) is 8.30. The van der Waals surface area contributed by atoms with Crippen LogP contribution in [0.5, 0.6) is 0 Å². The number of hydrogen-bond acceptors (Lipinski definition) is 3. The summed E-state index contributed by atoms with van der Waals surface area (Å²) in [7, 11) is 0. The van der Waals surface area contributed by atoms with E-state index in [0.29, 0.717) is 19.0 Å². The number of amides is 1. The summed E-state index contributed by atoms with van der Waals surface area (Å²) in [6.45, 7) is 3.72. The lowest BCUT2D eigenvalue weighted by atomic mass is 9.99. The zero-order valence-corrected chi connectivity index (χ0v) is 10.4. The van der Waals surface area contributed by atoms with Crippen LogP contribution in [0.2, 0.25) is 0 Å². The monoisotopic (exact) mass is 236 g/mol. The maximum Gasteiger partial charge on any atom is 0.224 e. The minimum atomic E-state index is 0.257. The van der Waals surface area contributed by atoms with E-state index in [9.17, 15) is 4.79 Å². The number of rotatable bonds is 4. The lowest BCUT2D eigenvalue weighted by Gasteiger charge is -2.35. The van der Waals surface area contributed by atoms with Crippen molar-refractivity contribution in [2.75, 3.05) is 6.54 Å². The second-order valence-electron chi connectivity index (χ2n) is 4.55. The first kappa shape index (κ1) is 12.1. The molecule has 1 atom stereocenters. The fourth-order valence-electron chi connectivity index (χ4n) is 2.46. The maximum atomic E-state index is 12.1. The molecule has 0 saturated carbocycles. The molecule has 1 amide bonds. The Hall–Kier alpha value is -1.39. The molecule has 5 nitrogen and oxygen atoms in total. The third kappa shape index (κ3) is 3.05. The molecule has 0 spiro atoms. The minimum absolute atomic E-state index is 0.257. The highest BCUT2D eigenvalue weighted by Crippen LogP contribution is 2.20. The van der Waals surface area contributed by atoms with Crippen molar-refractivity contribution in [1.29, 1.82) is 0 Å². The summed E-state index contributed by atoms with van der Waals surface area (Å²) in [6, 6.07) is 0.451. The third-order valence-electron chi connectivity index (χ3n) is 3.44. The first-order chi connectivity index (χ1) is 8.31. The Morgan fingerprint density at radius 3 is 3.06 bits per heavy atom. The second kappa shape index (κ2) is 5.80. The highest BCUT2D eigenvalue weighted by atomic mass is 16.2. The largest absolute Gasteiger partial charge is 0.340 e. The van der Waals surface area contributed by atoms with Gasteiger partial charge in [0.2, 0.25) is 5.91 Å². The Morgan fingerprint density at radius 1 is 1.47 bits per heavy atom. The van der Waals surface area contributed by atoms with Crippen molar-refractivity contribution in [2.45, 2.75) is 51.6 Å². The zero-order valence-electron chi connectivity index (χ0n) is 10.4. The standard InChI is InChI=1S/C12H20N4O/c1-2-11-5-3-4-7-16(11)12(17)6-8-15-10-13-9-14-15/h9-11H,2-8H2,1H3. The molecule has 0 aromatic carbocycles. The van der Waals surface area contributed by atoms with E-state index >= 15 is 0 Å². The SMILES string of the molecule is CCC1CCCCN1C(=O)CCn1cncn1. The van der Waals surface area contributed by atoms with Crippen LogP contribution >= 0.6 is 0 Å². The van der Waals surface area contributed by atoms with E-state index in [1.54, 1.807) is 11.0 Å². The summed E-state index contributed by atoms with van der Waals surface area (Å²) in [5, 5.41) is 4.01. The first-order valence-electron chi connectivity index (χ1n) is 6.43. The number of aryl methyl sites for hydroxylation is 1. The molecule has 1 aliphatic rings. The van der Waals surface area contributed by atoms with Crippen LogP contribution in [0.3, 0.4) is 0 Å². The van der Waals surface area contributed by atoms with Crippen molar-refractivity contribution in [2.24, 2.45) is 0 Å². The van der Waals surface area contributed by atoms with Gasteiger partial charge in [0.25, 0.3) is 0 Å². The van der Waals surface area contributed by atoms with Crippen molar-refractivity contribution in [3.63, 3.8) is 0 Å². The van der Waals surface area contributed by atoms with Crippen molar-refractivity contribution >= 4 is 5.91 Å². The van der Waals surface area contributed by atoms with Crippen LogP contribution in [-0.2, 0) is 11.3 Å². The molecule has 0 aliphatic carbocycles. The molecule has 17 heavy (non-hydrogen) atoms. The van der Waals surface area contributed by atoms with Crippen molar-refractivity contribution < 1.29 is 4.79 Å². The number of carbonyl (C=O) groups is 1. The van der Waals surface area contributed by atoms with E-state index in [0.717, 1.165) is 25.8 Å². The molecule has 2 rings (SSSR count). The van der Waals surface area contributed by atoms with Gasteiger partial charge in [0.05, 0.1) is 6.54 Å². The third-order valence-corrected chi connectivity index (χ3v) is 3.44. The molecule has 2 heterocycles. The Morgan fingerprint density at radius 2 is 2.35 bits per heavy atom. The van der Waals surface area contributed by atoms with Gasteiger partial charge in [-0.15, -0.1) is 0 Å². The Balaban J connectivity index is 1.85. The molecule has 1 aromatic rings. The first-order valence-corrected chi connectivity index (χ1v) is 6.43. The normalized spacial score (nSPS) is 20.5. The Bertz CT molecular complexity index is 349. The number of piperidine rings is 1. The molecule has 5 heteroatoms. The molecular weight excluding hydrogens is 216 g/mol. The van der Waals surface area contributed by atoms with E-state index in [4.69, 9.17) is 0 Å². The second-order valence-corrected chi connectivity index (χ2v) is 4.55. The predicted molar refractivity (Wildman–Crippen MR) is 64.3 cm³/mol. The van der Waals surface area contributed by atoms with E-state index in [-0.39, 0.29) is 5.91 Å². The van der Waals surface area contributed by atoms with E-state index < -0.39 is 0 Å². The highest BCUT2D eigenvalue weighted by molar-refractivity contribution is 5.76. The summed E-state index contributed by atoms with van der Waals surface area (Å²) < 4.78 is 1.71. The van der Waals surface area contributed by atoms with Crippen molar-refractivity contribution in [3.05, 3.63) is 12.7 Å². The summed E-state index contributed by atoms with van der Waals surface area (Å²) in [5.41, 5.74) is 0. The van der Waals surface area contributed by atoms with Gasteiger partial charge < -0.3 is 4.90 Å². The average Bonchev–Trinajstić information content (AvgIpc) is 2.89. The predicted octanol–water partition coefficient (Wildman–Crippen LogP) is 1.46. The molecule has 94 valence electrons. The topological polar surface area (TPSA) is 51.0 Å². The van der Waals surface area contributed by atoms with Crippen molar-refractivity contribution in [1.82, 2.24) is 19.7 Å². The fourth-order valence-corrected chi connectivity index (χ4v) is 2.46. The van der Waals surface area contributed by atoms with E-state index in [1.807, 2.05) is 0 Å². The van der Waals surface area contributed by atoms with Crippen LogP contribution in [0.25, 0.3) is 0 Å². The average molecular weight is 236 g/mol. The lowest BCUT2D eigenvalue weighted by molar-refractivity contribution is -0.135. The Kier molecular flexibility index (Phi) is 4.12. The van der Waals surface area contributed by atoms with Crippen LogP contribution in [0, 0.1) is 0 Å². The number of aromatic nitrogens is 3. The van der Waals surface area contributed by atoms with Crippen LogP contribution in [0.15, 0.2) is 12.7 Å². The van der Waals surface area contributed by atoms with Gasteiger partial charge in [-0.2, -0.15) is 5.10 Å². The van der Waals surface area contributed by atoms with Gasteiger partial charge in [0.1, 0.15) is 12.7 Å². The molecular formula is C12H20N4O. The van der Waals surface area contributed by atoms with Gasteiger partial charge in [-0.05, 0) is 25.7 Å². The van der Waals surface area contributed by atoms with Gasteiger partial charge in [0.15, 0.2) is 0 Å². The number of carbonyl (C=O) groups excluding carboxylic acids is 1. The van der Waals surface area contributed by atoms with Gasteiger partial charge in [-0.1, -0.05) is 6.92 Å². The molecule has 0 radical (unpaired) electrons. The van der Waals surface area contributed by atoms with Crippen LogP contribution in [-0.4, -0.2) is 38.2 Å². The maximum absolute atomic E-state index is 12.1. The Labute approximate surface area is 102 Å². The number of likely N-dealkylation sites (tertiary alicyclic amines) is 1. The van der Waals surface area contributed by atoms with Gasteiger partial charge >= 0.3 is 0 Å². The van der Waals surface area contributed by atoms with Gasteiger partial charge in [-0.3, -0.25) is 9.48 Å². The lowest BCUT2D eigenvalue weighted by Crippen LogP contribution is -2.43. The molecule has 1 fully saturated rings. The fraction of sp³-hybridized carbons (Fsp3) is 0.750. The number of nitrogens with zero attached hydrogens (tertiary/aromatic N) is 4. The molecule has 1 unspecified atom stereocenters. The minimum Gasteiger partial charge on any atom is -0.340 e. The van der Waals surface area contributed by atoms with Gasteiger partial charge in [-0.25, -0.2) is 4.98 Å². The van der Waals surface area contributed by atoms with E-state index in [2.05, 4.69) is 21.9 Å². The van der Waals surface area contributed by atoms with Crippen molar-refractivity contribution in [3.8, 4) is 0 Å². The quantitative estimate of drug-likeness (QED) is 0.795. The molecule has 0 N–H and O–H groups in total. The zero-order chi connectivity index (χ0) is 12.1. The molecule has 1 saturated heterocycles. The van der Waals surface area contributed by atoms with Crippen LogP contribution in [0.4, 0.5) is 0 Å². The van der Waals surface area contributed by atoms with Crippen LogP contribution < -0.4 is 0 Å². The molecule has 1 aliphatic heterocycles. The van der Waals surface area contributed by atoms with Gasteiger partial charge in [0, 0.05) is 19.0 Å². The summed E-state index contributed by atoms with van der Waals surface area (Å²) in [5.74, 6) is 0.257. The van der Waals surface area contributed by atoms with Crippen LogP contribution in [0.1, 0.15) is 39.0 Å². The summed E-state index contributed by atoms with van der Waals surface area (Å²) >= 11 is 0. The molecule has 0 bridgehead atoms. The molecule has 1 aromatic heterocycles. The highest BCUT2D eigenvalue weighted by Gasteiger charge is 2.24.